The van der Waals surface area contributed by atoms with Crippen LogP contribution in [0.25, 0.3) is 0 Å². The van der Waals surface area contributed by atoms with Crippen molar-refractivity contribution in [1.29, 1.82) is 0 Å². The molecule has 1 atom stereocenters. The van der Waals surface area contributed by atoms with Gasteiger partial charge in [0.2, 0.25) is 0 Å². The second-order valence-corrected chi connectivity index (χ2v) is 8.59. The Kier molecular flexibility index (Phi) is 9.09. The predicted octanol–water partition coefficient (Wildman–Crippen LogP) is 4.93. The van der Waals surface area contributed by atoms with Crippen molar-refractivity contribution in [3.63, 3.8) is 0 Å². The van der Waals surface area contributed by atoms with Crippen molar-refractivity contribution in [3.8, 4) is 5.75 Å². The fourth-order valence-electron chi connectivity index (χ4n) is 3.20. The lowest BCUT2D eigenvalue weighted by molar-refractivity contribution is -0.165. The number of benzene rings is 2. The van der Waals surface area contributed by atoms with Crippen LogP contribution in [-0.4, -0.2) is 37.3 Å². The average molecular weight is 482 g/mol. The molecule has 186 valence electrons. The summed E-state index contributed by atoms with van der Waals surface area (Å²) < 4.78 is 54.5. The van der Waals surface area contributed by atoms with Crippen molar-refractivity contribution in [2.45, 2.75) is 58.5 Å². The first-order valence-electron chi connectivity index (χ1n) is 10.8. The van der Waals surface area contributed by atoms with E-state index in [2.05, 4.69) is 5.32 Å². The standard InChI is InChI=1S/C25H30F3NO5/c1-6-33-23(31)21(34-24(2,3)4)14-17-9-12-20(32-5)19(13-17)22(30)29-15-16-7-10-18(11-8-16)25(26,27)28/h7-13,21H,6,14-15H2,1-5H3,(H,29,30). The largest absolute Gasteiger partial charge is 0.496 e. The second kappa shape index (κ2) is 11.4. The summed E-state index contributed by atoms with van der Waals surface area (Å²) in [5.41, 5.74) is 0.0437. The summed E-state index contributed by atoms with van der Waals surface area (Å²) in [6.07, 6.45) is -5.11. The lowest BCUT2D eigenvalue weighted by atomic mass is 10.0. The molecular weight excluding hydrogens is 451 g/mol. The van der Waals surface area contributed by atoms with E-state index in [9.17, 15) is 22.8 Å². The molecule has 0 aromatic heterocycles. The molecule has 0 radical (unpaired) electrons. The molecule has 0 saturated heterocycles. The molecule has 9 heteroatoms. The van der Waals surface area contributed by atoms with E-state index in [1.165, 1.54) is 19.2 Å². The Morgan fingerprint density at radius 3 is 2.15 bits per heavy atom. The summed E-state index contributed by atoms with van der Waals surface area (Å²) in [6.45, 7) is 7.43. The number of halogens is 3. The van der Waals surface area contributed by atoms with Crippen molar-refractivity contribution in [2.24, 2.45) is 0 Å². The smallest absolute Gasteiger partial charge is 0.416 e. The zero-order valence-corrected chi connectivity index (χ0v) is 19.9. The Morgan fingerprint density at radius 1 is 1.00 bits per heavy atom. The van der Waals surface area contributed by atoms with Gasteiger partial charge in [0.1, 0.15) is 5.75 Å². The molecule has 0 aliphatic rings. The lowest BCUT2D eigenvalue weighted by Gasteiger charge is -2.26. The van der Waals surface area contributed by atoms with Gasteiger partial charge >= 0.3 is 12.1 Å². The van der Waals surface area contributed by atoms with Gasteiger partial charge in [-0.3, -0.25) is 4.79 Å². The summed E-state index contributed by atoms with van der Waals surface area (Å²) in [4.78, 5) is 25.2. The minimum Gasteiger partial charge on any atom is -0.496 e. The fraction of sp³-hybridized carbons (Fsp3) is 0.440. The van der Waals surface area contributed by atoms with Crippen LogP contribution in [-0.2, 0) is 33.4 Å². The highest BCUT2D eigenvalue weighted by Crippen LogP contribution is 2.29. The van der Waals surface area contributed by atoms with Gasteiger partial charge in [-0.1, -0.05) is 18.2 Å². The van der Waals surface area contributed by atoms with Gasteiger partial charge in [0.25, 0.3) is 5.91 Å². The Balaban J connectivity index is 2.18. The molecule has 0 saturated carbocycles. The highest BCUT2D eigenvalue weighted by Gasteiger charge is 2.30. The molecule has 2 aromatic carbocycles. The third-order valence-corrected chi connectivity index (χ3v) is 4.71. The third kappa shape index (κ3) is 8.06. The van der Waals surface area contributed by atoms with Crippen LogP contribution >= 0.6 is 0 Å². The zero-order chi connectivity index (χ0) is 25.5. The number of carbonyl (C=O) groups is 2. The maximum atomic E-state index is 12.8. The number of alkyl halides is 3. The summed E-state index contributed by atoms with van der Waals surface area (Å²) in [6, 6.07) is 9.49. The van der Waals surface area contributed by atoms with E-state index >= 15 is 0 Å². The van der Waals surface area contributed by atoms with Crippen molar-refractivity contribution < 1.29 is 37.0 Å². The van der Waals surface area contributed by atoms with Gasteiger partial charge in [0.15, 0.2) is 6.10 Å². The number of hydrogen-bond donors (Lipinski definition) is 1. The predicted molar refractivity (Wildman–Crippen MR) is 121 cm³/mol. The van der Waals surface area contributed by atoms with Crippen LogP contribution in [0.1, 0.15) is 54.7 Å². The van der Waals surface area contributed by atoms with Crippen LogP contribution in [0.3, 0.4) is 0 Å². The van der Waals surface area contributed by atoms with Gasteiger partial charge in [-0.2, -0.15) is 13.2 Å². The SMILES string of the molecule is CCOC(=O)C(Cc1ccc(OC)c(C(=O)NCc2ccc(C(F)(F)F)cc2)c1)OC(C)(C)C. The first-order valence-corrected chi connectivity index (χ1v) is 10.8. The lowest BCUT2D eigenvalue weighted by Crippen LogP contribution is -2.36. The first-order chi connectivity index (χ1) is 15.8. The number of rotatable bonds is 9. The monoisotopic (exact) mass is 481 g/mol. The zero-order valence-electron chi connectivity index (χ0n) is 19.9. The number of carbonyl (C=O) groups excluding carboxylic acids is 2. The first kappa shape index (κ1) is 27.2. The van der Waals surface area contributed by atoms with E-state index in [1.54, 1.807) is 25.1 Å². The van der Waals surface area contributed by atoms with Gasteiger partial charge in [0, 0.05) is 13.0 Å². The molecule has 0 heterocycles. The highest BCUT2D eigenvalue weighted by atomic mass is 19.4. The molecule has 1 amide bonds. The van der Waals surface area contributed by atoms with E-state index in [0.29, 0.717) is 16.9 Å². The van der Waals surface area contributed by atoms with Gasteiger partial charge in [-0.25, -0.2) is 4.79 Å². The minimum absolute atomic E-state index is 0.0307. The summed E-state index contributed by atoms with van der Waals surface area (Å²) in [7, 11) is 1.42. The Labute approximate surface area is 197 Å². The van der Waals surface area contributed by atoms with Crippen LogP contribution in [0.4, 0.5) is 13.2 Å². The van der Waals surface area contributed by atoms with Crippen LogP contribution in [0.2, 0.25) is 0 Å². The number of ether oxygens (including phenoxy) is 3. The highest BCUT2D eigenvalue weighted by molar-refractivity contribution is 5.97. The van der Waals surface area contributed by atoms with E-state index in [4.69, 9.17) is 14.2 Å². The van der Waals surface area contributed by atoms with E-state index in [0.717, 1.165) is 12.1 Å². The number of hydrogen-bond acceptors (Lipinski definition) is 5. The van der Waals surface area contributed by atoms with Gasteiger partial charge < -0.3 is 19.5 Å². The molecule has 2 aromatic rings. The number of esters is 1. The Hall–Kier alpha value is -3.07. The summed E-state index contributed by atoms with van der Waals surface area (Å²) in [5, 5.41) is 2.69. The molecule has 0 spiro atoms. The van der Waals surface area contributed by atoms with Crippen LogP contribution in [0, 0.1) is 0 Å². The maximum absolute atomic E-state index is 12.8. The van der Waals surface area contributed by atoms with Crippen molar-refractivity contribution in [2.75, 3.05) is 13.7 Å². The maximum Gasteiger partial charge on any atom is 0.416 e. The second-order valence-electron chi connectivity index (χ2n) is 8.59. The summed E-state index contributed by atoms with van der Waals surface area (Å²) in [5.74, 6) is -0.650. The normalized spacial score (nSPS) is 12.7. The van der Waals surface area contributed by atoms with Gasteiger partial charge in [-0.05, 0) is 63.1 Å². The molecule has 2 rings (SSSR count). The van der Waals surface area contributed by atoms with Crippen molar-refractivity contribution >= 4 is 11.9 Å². The molecule has 0 aliphatic carbocycles. The van der Waals surface area contributed by atoms with Crippen molar-refractivity contribution in [1.82, 2.24) is 5.32 Å². The minimum atomic E-state index is -4.42. The van der Waals surface area contributed by atoms with Crippen LogP contribution < -0.4 is 10.1 Å². The Morgan fingerprint density at radius 2 is 1.62 bits per heavy atom. The van der Waals surface area contributed by atoms with Gasteiger partial charge in [-0.15, -0.1) is 0 Å². The van der Waals surface area contributed by atoms with E-state index in [-0.39, 0.29) is 25.1 Å². The number of amides is 1. The molecule has 1 unspecified atom stereocenters. The van der Waals surface area contributed by atoms with Crippen LogP contribution in [0.5, 0.6) is 5.75 Å². The Bertz CT molecular complexity index is 982. The van der Waals surface area contributed by atoms with Crippen molar-refractivity contribution in [3.05, 3.63) is 64.7 Å². The molecule has 0 fully saturated rings. The molecule has 34 heavy (non-hydrogen) atoms. The van der Waals surface area contributed by atoms with E-state index in [1.807, 2.05) is 20.8 Å². The van der Waals surface area contributed by atoms with Gasteiger partial charge in [0.05, 0.1) is 30.4 Å². The van der Waals surface area contributed by atoms with Crippen LogP contribution in [0.15, 0.2) is 42.5 Å². The summed E-state index contributed by atoms with van der Waals surface area (Å²) >= 11 is 0. The molecular formula is C25H30F3NO5. The average Bonchev–Trinajstić information content (AvgIpc) is 2.76. The third-order valence-electron chi connectivity index (χ3n) is 4.71. The van der Waals surface area contributed by atoms with E-state index < -0.39 is 35.3 Å². The molecule has 0 bridgehead atoms. The fourth-order valence-corrected chi connectivity index (χ4v) is 3.20. The molecule has 6 nitrogen and oxygen atoms in total. The quantitative estimate of drug-likeness (QED) is 0.514. The topological polar surface area (TPSA) is 73.9 Å². The molecule has 0 aliphatic heterocycles. The molecule has 1 N–H and O–H groups in total. The number of methoxy groups -OCH3 is 1. The number of nitrogens with one attached hydrogen (secondary N) is 1.